The summed E-state index contributed by atoms with van der Waals surface area (Å²) in [5.41, 5.74) is 1.35. The summed E-state index contributed by atoms with van der Waals surface area (Å²) in [7, 11) is 0. The average molecular weight is 235 g/mol. The topological polar surface area (TPSA) is 40.5 Å². The highest BCUT2D eigenvalue weighted by molar-refractivity contribution is 5.97. The highest BCUT2D eigenvalue weighted by Crippen LogP contribution is 2.26. The Morgan fingerprint density at radius 2 is 2.06 bits per heavy atom. The van der Waals surface area contributed by atoms with Gasteiger partial charge in [-0.3, -0.25) is 4.79 Å². The monoisotopic (exact) mass is 235 g/mol. The summed E-state index contributed by atoms with van der Waals surface area (Å²) >= 11 is 0. The van der Waals surface area contributed by atoms with Gasteiger partial charge in [0.1, 0.15) is 5.75 Å². The zero-order chi connectivity index (χ0) is 13.0. The summed E-state index contributed by atoms with van der Waals surface area (Å²) in [5.74, 6) is -0.0441. The van der Waals surface area contributed by atoms with E-state index in [0.717, 1.165) is 18.7 Å². The van der Waals surface area contributed by atoms with Gasteiger partial charge >= 0.3 is 0 Å². The van der Waals surface area contributed by atoms with Gasteiger partial charge in [0.2, 0.25) is 0 Å². The molecule has 0 fully saturated rings. The van der Waals surface area contributed by atoms with Gasteiger partial charge in [-0.05, 0) is 39.3 Å². The van der Waals surface area contributed by atoms with E-state index in [2.05, 4.69) is 25.7 Å². The lowest BCUT2D eigenvalue weighted by Crippen LogP contribution is -2.32. The highest BCUT2D eigenvalue weighted by Gasteiger charge is 2.14. The molecule has 1 rings (SSSR count). The number of phenolic OH excluding ortho intramolecular Hbond substituents is 1. The maximum atomic E-state index is 11.2. The van der Waals surface area contributed by atoms with E-state index >= 15 is 0 Å². The van der Waals surface area contributed by atoms with Crippen molar-refractivity contribution >= 4 is 11.5 Å². The van der Waals surface area contributed by atoms with Crippen molar-refractivity contribution in [2.45, 2.75) is 40.2 Å². The molecule has 0 bridgehead atoms. The van der Waals surface area contributed by atoms with E-state index in [1.807, 2.05) is 6.07 Å². The van der Waals surface area contributed by atoms with Gasteiger partial charge in [-0.1, -0.05) is 6.92 Å². The van der Waals surface area contributed by atoms with Crippen molar-refractivity contribution in [3.05, 3.63) is 23.8 Å². The second kappa shape index (κ2) is 5.71. The van der Waals surface area contributed by atoms with Crippen molar-refractivity contribution in [2.75, 3.05) is 11.4 Å². The molecule has 1 aromatic carbocycles. The van der Waals surface area contributed by atoms with Crippen LogP contribution in [0.15, 0.2) is 18.2 Å². The lowest BCUT2D eigenvalue weighted by Gasteiger charge is -2.29. The average Bonchev–Trinajstić information content (AvgIpc) is 2.29. The molecule has 3 heteroatoms. The minimum atomic E-state index is -0.111. The third-order valence-electron chi connectivity index (χ3n) is 3.16. The molecule has 0 radical (unpaired) electrons. The van der Waals surface area contributed by atoms with Gasteiger partial charge in [-0.15, -0.1) is 0 Å². The molecule has 1 aromatic rings. The van der Waals surface area contributed by atoms with Crippen molar-refractivity contribution in [3.63, 3.8) is 0 Å². The lowest BCUT2D eigenvalue weighted by atomic mass is 10.1. The van der Waals surface area contributed by atoms with Crippen LogP contribution in [-0.4, -0.2) is 23.5 Å². The van der Waals surface area contributed by atoms with Crippen LogP contribution in [-0.2, 0) is 0 Å². The molecule has 0 aromatic heterocycles. The molecule has 0 saturated heterocycles. The molecule has 94 valence electrons. The SMILES string of the molecule is CCC(C)N(CC)c1ccc(C(C)=O)c(O)c1. The Kier molecular flexibility index (Phi) is 4.55. The molecular weight excluding hydrogens is 214 g/mol. The van der Waals surface area contributed by atoms with Gasteiger partial charge in [-0.25, -0.2) is 0 Å². The first-order valence-electron chi connectivity index (χ1n) is 6.11. The first-order valence-corrected chi connectivity index (χ1v) is 6.11. The van der Waals surface area contributed by atoms with Gasteiger partial charge in [0, 0.05) is 24.3 Å². The van der Waals surface area contributed by atoms with Crippen LogP contribution in [0.3, 0.4) is 0 Å². The van der Waals surface area contributed by atoms with E-state index in [1.165, 1.54) is 6.92 Å². The predicted octanol–water partition coefficient (Wildman–Crippen LogP) is 3.22. The summed E-state index contributed by atoms with van der Waals surface area (Å²) in [4.78, 5) is 13.4. The van der Waals surface area contributed by atoms with Crippen molar-refractivity contribution in [1.82, 2.24) is 0 Å². The number of aromatic hydroxyl groups is 1. The number of hydrogen-bond acceptors (Lipinski definition) is 3. The second-order valence-corrected chi connectivity index (χ2v) is 4.30. The van der Waals surface area contributed by atoms with Crippen molar-refractivity contribution < 1.29 is 9.90 Å². The lowest BCUT2D eigenvalue weighted by molar-refractivity contribution is 0.101. The van der Waals surface area contributed by atoms with Gasteiger partial charge in [-0.2, -0.15) is 0 Å². The maximum Gasteiger partial charge on any atom is 0.163 e. The molecule has 0 aliphatic heterocycles. The molecule has 1 atom stereocenters. The number of Topliss-reactive ketones (excluding diaryl/α,β-unsaturated/α-hetero) is 1. The number of carbonyl (C=O) groups excluding carboxylic acids is 1. The number of carbonyl (C=O) groups is 1. The Hall–Kier alpha value is -1.51. The van der Waals surface area contributed by atoms with Crippen LogP contribution >= 0.6 is 0 Å². The summed E-state index contributed by atoms with van der Waals surface area (Å²) in [5, 5.41) is 9.81. The molecular formula is C14H21NO2. The van der Waals surface area contributed by atoms with Crippen LogP contribution in [0.2, 0.25) is 0 Å². The number of rotatable bonds is 5. The fourth-order valence-corrected chi connectivity index (χ4v) is 1.97. The first-order chi connectivity index (χ1) is 8.01. The Bertz CT molecular complexity index is 401. The number of phenols is 1. The van der Waals surface area contributed by atoms with Crippen molar-refractivity contribution in [3.8, 4) is 5.75 Å². The normalized spacial score (nSPS) is 12.2. The highest BCUT2D eigenvalue weighted by atomic mass is 16.3. The largest absolute Gasteiger partial charge is 0.507 e. The molecule has 0 aliphatic rings. The fraction of sp³-hybridized carbons (Fsp3) is 0.500. The molecule has 1 N–H and O–H groups in total. The van der Waals surface area contributed by atoms with Crippen molar-refractivity contribution in [1.29, 1.82) is 0 Å². The Morgan fingerprint density at radius 3 is 2.47 bits per heavy atom. The van der Waals surface area contributed by atoms with Crippen LogP contribution in [0.5, 0.6) is 5.75 Å². The van der Waals surface area contributed by atoms with Crippen LogP contribution in [0.25, 0.3) is 0 Å². The van der Waals surface area contributed by atoms with E-state index in [-0.39, 0.29) is 11.5 Å². The summed E-state index contributed by atoms with van der Waals surface area (Å²) < 4.78 is 0. The number of nitrogens with zero attached hydrogens (tertiary/aromatic N) is 1. The minimum Gasteiger partial charge on any atom is -0.507 e. The standard InChI is InChI=1S/C14H21NO2/c1-5-10(3)15(6-2)12-7-8-13(11(4)16)14(17)9-12/h7-10,17H,5-6H2,1-4H3. The third kappa shape index (κ3) is 2.99. The van der Waals surface area contributed by atoms with Crippen LogP contribution < -0.4 is 4.90 Å². The fourth-order valence-electron chi connectivity index (χ4n) is 1.97. The summed E-state index contributed by atoms with van der Waals surface area (Å²) in [6.45, 7) is 8.72. The molecule has 0 heterocycles. The molecule has 17 heavy (non-hydrogen) atoms. The number of hydrogen-bond donors (Lipinski definition) is 1. The van der Waals surface area contributed by atoms with Crippen molar-refractivity contribution in [2.24, 2.45) is 0 Å². The Morgan fingerprint density at radius 1 is 1.41 bits per heavy atom. The zero-order valence-corrected chi connectivity index (χ0v) is 11.0. The molecule has 1 unspecified atom stereocenters. The number of anilines is 1. The quantitative estimate of drug-likeness (QED) is 0.797. The van der Waals surface area contributed by atoms with E-state index in [1.54, 1.807) is 12.1 Å². The third-order valence-corrected chi connectivity index (χ3v) is 3.16. The van der Waals surface area contributed by atoms with E-state index in [9.17, 15) is 9.90 Å². The number of ketones is 1. The minimum absolute atomic E-state index is 0.0664. The number of benzene rings is 1. The molecule has 3 nitrogen and oxygen atoms in total. The second-order valence-electron chi connectivity index (χ2n) is 4.30. The van der Waals surface area contributed by atoms with E-state index < -0.39 is 0 Å². The van der Waals surface area contributed by atoms with E-state index in [0.29, 0.717) is 11.6 Å². The van der Waals surface area contributed by atoms with Gasteiger partial charge in [0.15, 0.2) is 5.78 Å². The Labute approximate surface area is 103 Å². The van der Waals surface area contributed by atoms with Crippen LogP contribution in [0.4, 0.5) is 5.69 Å². The first kappa shape index (κ1) is 13.6. The zero-order valence-electron chi connectivity index (χ0n) is 11.0. The molecule has 0 aliphatic carbocycles. The summed E-state index contributed by atoms with van der Waals surface area (Å²) in [6.07, 6.45) is 1.04. The molecule has 0 amide bonds. The smallest absolute Gasteiger partial charge is 0.163 e. The Balaban J connectivity index is 3.07. The molecule has 0 saturated carbocycles. The van der Waals surface area contributed by atoms with Gasteiger partial charge in [0.05, 0.1) is 5.56 Å². The van der Waals surface area contributed by atoms with Crippen LogP contribution in [0.1, 0.15) is 44.5 Å². The maximum absolute atomic E-state index is 11.2. The van der Waals surface area contributed by atoms with Crippen LogP contribution in [0, 0.1) is 0 Å². The summed E-state index contributed by atoms with van der Waals surface area (Å²) in [6, 6.07) is 5.68. The van der Waals surface area contributed by atoms with Gasteiger partial charge < -0.3 is 10.0 Å². The predicted molar refractivity (Wildman–Crippen MR) is 70.9 cm³/mol. The molecule has 0 spiro atoms. The van der Waals surface area contributed by atoms with E-state index in [4.69, 9.17) is 0 Å². The van der Waals surface area contributed by atoms with Gasteiger partial charge in [0.25, 0.3) is 0 Å².